The molecule has 0 saturated carbocycles. The molecule has 0 fully saturated rings. The van der Waals surface area contributed by atoms with E-state index in [1.807, 2.05) is 0 Å². The highest BCUT2D eigenvalue weighted by Gasteiger charge is 2.32. The van der Waals surface area contributed by atoms with Gasteiger partial charge < -0.3 is 9.47 Å². The Morgan fingerprint density at radius 2 is 1.29 bits per heavy atom. The lowest BCUT2D eigenvalue weighted by Crippen LogP contribution is -2.19. The van der Waals surface area contributed by atoms with Gasteiger partial charge >= 0.3 is 0 Å². The fourth-order valence-electron chi connectivity index (χ4n) is 8.15. The van der Waals surface area contributed by atoms with Gasteiger partial charge in [0.1, 0.15) is 5.82 Å². The Kier molecular flexibility index (Phi) is 7.38. The van der Waals surface area contributed by atoms with Crippen LogP contribution in [0.2, 0.25) is 0 Å². The number of hydrogen-bond acceptors (Lipinski definition) is 3. The number of para-hydroxylation sites is 4. The molecule has 3 aliphatic rings. The van der Waals surface area contributed by atoms with Crippen molar-refractivity contribution in [3.63, 3.8) is 0 Å². The van der Waals surface area contributed by atoms with Gasteiger partial charge in [0.05, 0.1) is 34.0 Å². The Morgan fingerprint density at radius 3 is 2.06 bits per heavy atom. The zero-order valence-electron chi connectivity index (χ0n) is 28.7. The molecule has 1 unspecified atom stereocenters. The van der Waals surface area contributed by atoms with E-state index in [0.717, 1.165) is 47.7 Å². The van der Waals surface area contributed by atoms with E-state index in [1.165, 1.54) is 55.9 Å². The third-order valence-corrected chi connectivity index (χ3v) is 10.6. The number of aromatic nitrogens is 3. The van der Waals surface area contributed by atoms with Gasteiger partial charge in [-0.05, 0) is 67.3 Å². The Labute approximate surface area is 304 Å². The Hall–Kier alpha value is -6.52. The second-order valence-corrected chi connectivity index (χ2v) is 13.6. The van der Waals surface area contributed by atoms with Crippen LogP contribution in [0.25, 0.3) is 55.8 Å². The van der Waals surface area contributed by atoms with Gasteiger partial charge in [0.15, 0.2) is 0 Å². The van der Waals surface area contributed by atoms with Crippen molar-refractivity contribution in [3.05, 3.63) is 193 Å². The summed E-state index contributed by atoms with van der Waals surface area (Å²) in [5.74, 6) is 1.05. The maximum atomic E-state index is 5.21. The zero-order chi connectivity index (χ0) is 34.4. The van der Waals surface area contributed by atoms with Crippen molar-refractivity contribution in [1.82, 2.24) is 14.5 Å². The molecule has 3 heterocycles. The summed E-state index contributed by atoms with van der Waals surface area (Å²) in [4.78, 5) is 12.8. The molecule has 52 heavy (non-hydrogen) atoms. The molecule has 7 aromatic rings. The topological polar surface area (TPSA) is 34.0 Å². The molecule has 1 atom stereocenters. The third-order valence-electron chi connectivity index (χ3n) is 10.6. The molecular formula is C48H36N4. The van der Waals surface area contributed by atoms with Gasteiger partial charge in [-0.2, -0.15) is 0 Å². The molecule has 2 aliphatic carbocycles. The van der Waals surface area contributed by atoms with Gasteiger partial charge in [-0.25, -0.2) is 9.97 Å². The Bertz CT molecular complexity index is 2610. The molecule has 1 aliphatic heterocycles. The van der Waals surface area contributed by atoms with E-state index in [2.05, 4.69) is 185 Å². The molecule has 0 spiro atoms. The Morgan fingerprint density at radius 1 is 0.596 bits per heavy atom. The van der Waals surface area contributed by atoms with Crippen LogP contribution in [0.15, 0.2) is 182 Å². The molecule has 2 aromatic heterocycles. The maximum Gasteiger partial charge on any atom is 0.136 e. The van der Waals surface area contributed by atoms with Gasteiger partial charge in [0.25, 0.3) is 0 Å². The molecule has 0 amide bonds. The number of fused-ring (bicyclic) bond motifs is 7. The van der Waals surface area contributed by atoms with Crippen LogP contribution in [0.4, 0.5) is 11.4 Å². The van der Waals surface area contributed by atoms with Crippen LogP contribution < -0.4 is 4.90 Å². The zero-order valence-corrected chi connectivity index (χ0v) is 28.7. The van der Waals surface area contributed by atoms with Crippen molar-refractivity contribution in [2.45, 2.75) is 25.2 Å². The number of benzene rings is 5. The number of rotatable bonds is 5. The van der Waals surface area contributed by atoms with Crippen LogP contribution >= 0.6 is 0 Å². The molecule has 0 radical (unpaired) electrons. The van der Waals surface area contributed by atoms with E-state index >= 15 is 0 Å². The summed E-state index contributed by atoms with van der Waals surface area (Å²) in [5.41, 5.74) is 15.3. The summed E-state index contributed by atoms with van der Waals surface area (Å²) < 4.78 is 2.45. The lowest BCUT2D eigenvalue weighted by molar-refractivity contribution is 0.769. The second-order valence-electron chi connectivity index (χ2n) is 13.6. The monoisotopic (exact) mass is 668 g/mol. The Balaban J connectivity index is 1.14. The fraction of sp³-hybridized carbons (Fsp3) is 0.0833. The van der Waals surface area contributed by atoms with E-state index in [4.69, 9.17) is 9.97 Å². The fourth-order valence-corrected chi connectivity index (χ4v) is 8.15. The van der Waals surface area contributed by atoms with Crippen molar-refractivity contribution in [2.75, 3.05) is 4.90 Å². The largest absolute Gasteiger partial charge is 0.313 e. The van der Waals surface area contributed by atoms with E-state index in [9.17, 15) is 0 Å². The first kappa shape index (κ1) is 30.3. The van der Waals surface area contributed by atoms with E-state index in [-0.39, 0.29) is 5.92 Å². The van der Waals surface area contributed by atoms with Crippen molar-refractivity contribution in [2.24, 2.45) is 0 Å². The summed E-state index contributed by atoms with van der Waals surface area (Å²) in [6, 6.07) is 50.1. The third kappa shape index (κ3) is 5.06. The average molecular weight is 669 g/mol. The van der Waals surface area contributed by atoms with Gasteiger partial charge in [-0.3, -0.25) is 0 Å². The molecular weight excluding hydrogens is 633 g/mol. The molecule has 4 nitrogen and oxygen atoms in total. The summed E-state index contributed by atoms with van der Waals surface area (Å²) in [6.07, 6.45) is 15.9. The van der Waals surface area contributed by atoms with Crippen LogP contribution in [-0.4, -0.2) is 14.5 Å². The van der Waals surface area contributed by atoms with Crippen LogP contribution in [0.1, 0.15) is 36.7 Å². The molecule has 4 heteroatoms. The number of nitrogens with zero attached hydrogens (tertiary/aromatic N) is 4. The van der Waals surface area contributed by atoms with Gasteiger partial charge in [0.2, 0.25) is 0 Å². The van der Waals surface area contributed by atoms with E-state index in [0.29, 0.717) is 0 Å². The molecule has 0 N–H and O–H groups in total. The van der Waals surface area contributed by atoms with Crippen LogP contribution in [0.3, 0.4) is 0 Å². The minimum absolute atomic E-state index is 0.169. The standard InChI is InChI=1S/C48H36N4/c1-4-16-33(17-5-1)41-32-42(50-48(49-41)35-18-6-2-7-19-35)34-28-30-37(31-29-34)51-43-25-13-10-22-38(43)46-39-23-11-14-26-44(39)52(36-20-8-3-9-21-36)47(46)40-24-12-15-27-45(40)51/h1-18,20-28,30,32,35H,19,29,31H2. The van der Waals surface area contributed by atoms with Crippen LogP contribution in [0.5, 0.6) is 0 Å². The van der Waals surface area contributed by atoms with Gasteiger partial charge in [0, 0.05) is 44.9 Å². The highest BCUT2D eigenvalue weighted by atomic mass is 15.2. The first-order valence-corrected chi connectivity index (χ1v) is 18.2. The predicted octanol–water partition coefficient (Wildman–Crippen LogP) is 12.2. The SMILES string of the molecule is C1=CCC(c2nc(C3=CC=C(N4c5ccccc5-c5c(n(-c6ccccc6)c6ccccc56)-c5ccccc54)CC3)cc(-c3ccccc3)n2)C=C1. The minimum atomic E-state index is 0.169. The van der Waals surface area contributed by atoms with Gasteiger partial charge in [-0.15, -0.1) is 0 Å². The summed E-state index contributed by atoms with van der Waals surface area (Å²) in [5, 5.41) is 1.25. The summed E-state index contributed by atoms with van der Waals surface area (Å²) in [7, 11) is 0. The minimum Gasteiger partial charge on any atom is -0.313 e. The van der Waals surface area contributed by atoms with Crippen molar-refractivity contribution >= 4 is 27.9 Å². The molecule has 0 bridgehead atoms. The maximum absolute atomic E-state index is 5.21. The van der Waals surface area contributed by atoms with Crippen LogP contribution in [0, 0.1) is 0 Å². The number of hydrogen-bond donors (Lipinski definition) is 0. The lowest BCUT2D eigenvalue weighted by Gasteiger charge is -2.31. The first-order chi connectivity index (χ1) is 25.8. The first-order valence-electron chi connectivity index (χ1n) is 18.2. The summed E-state index contributed by atoms with van der Waals surface area (Å²) in [6.45, 7) is 0. The van der Waals surface area contributed by atoms with E-state index in [1.54, 1.807) is 0 Å². The smallest absolute Gasteiger partial charge is 0.136 e. The highest BCUT2D eigenvalue weighted by molar-refractivity contribution is 6.12. The summed E-state index contributed by atoms with van der Waals surface area (Å²) >= 11 is 0. The second kappa shape index (κ2) is 12.7. The average Bonchev–Trinajstić information content (AvgIpc) is 3.51. The highest BCUT2D eigenvalue weighted by Crippen LogP contribution is 2.54. The molecule has 5 aromatic carbocycles. The van der Waals surface area contributed by atoms with Crippen molar-refractivity contribution in [3.8, 4) is 39.3 Å². The van der Waals surface area contributed by atoms with Crippen LogP contribution in [-0.2, 0) is 0 Å². The predicted molar refractivity (Wildman–Crippen MR) is 215 cm³/mol. The normalized spacial score (nSPS) is 16.1. The van der Waals surface area contributed by atoms with Crippen molar-refractivity contribution < 1.29 is 0 Å². The van der Waals surface area contributed by atoms with Gasteiger partial charge in [-0.1, -0.05) is 134 Å². The molecule has 10 rings (SSSR count). The number of allylic oxidation sites excluding steroid dienone is 8. The quantitative estimate of drug-likeness (QED) is 0.183. The molecule has 248 valence electrons. The molecule has 0 saturated heterocycles. The van der Waals surface area contributed by atoms with E-state index < -0.39 is 0 Å². The lowest BCUT2D eigenvalue weighted by atomic mass is 9.95. The number of anilines is 2. The van der Waals surface area contributed by atoms with Crippen molar-refractivity contribution in [1.29, 1.82) is 0 Å².